The molecule has 0 aliphatic carbocycles. The van der Waals surface area contributed by atoms with Gasteiger partial charge >= 0.3 is 0 Å². The lowest BCUT2D eigenvalue weighted by Crippen LogP contribution is -2.50. The molecule has 2 saturated heterocycles. The van der Waals surface area contributed by atoms with Gasteiger partial charge in [0.2, 0.25) is 0 Å². The highest BCUT2D eigenvalue weighted by Gasteiger charge is 2.27. The topological polar surface area (TPSA) is 30.9 Å². The Balaban J connectivity index is 0.00000280. The summed E-state index contributed by atoms with van der Waals surface area (Å²) in [5.74, 6) is 1.67. The van der Waals surface area contributed by atoms with E-state index in [1.54, 1.807) is 6.07 Å². The van der Waals surface area contributed by atoms with Gasteiger partial charge in [-0.2, -0.15) is 11.8 Å². The molecule has 1 N–H and O–H groups in total. The maximum Gasteiger partial charge on any atom is 0.193 e. The number of hydrogen-bond acceptors (Lipinski definition) is 3. The molecule has 0 radical (unpaired) electrons. The molecule has 3 rings (SSSR count). The van der Waals surface area contributed by atoms with E-state index < -0.39 is 11.6 Å². The molecule has 158 valence electrons. The van der Waals surface area contributed by atoms with Crippen molar-refractivity contribution < 1.29 is 8.78 Å². The molecule has 2 aliphatic heterocycles. The monoisotopic (exact) mass is 524 g/mol. The number of anilines is 1. The molecule has 0 bridgehead atoms. The lowest BCUT2D eigenvalue weighted by Gasteiger charge is -2.36. The fraction of sp³-hybridized carbons (Fsp3) is 0.650. The molecule has 0 saturated carbocycles. The molecule has 2 heterocycles. The van der Waals surface area contributed by atoms with E-state index >= 15 is 0 Å². The highest BCUT2D eigenvalue weighted by molar-refractivity contribution is 14.0. The molecule has 8 heteroatoms. The Labute approximate surface area is 188 Å². The number of benzene rings is 1. The zero-order valence-electron chi connectivity index (χ0n) is 16.8. The van der Waals surface area contributed by atoms with Crippen LogP contribution in [0, 0.1) is 23.5 Å². The fourth-order valence-electron chi connectivity index (χ4n) is 3.75. The van der Waals surface area contributed by atoms with Crippen LogP contribution in [0.25, 0.3) is 0 Å². The van der Waals surface area contributed by atoms with Crippen molar-refractivity contribution in [1.29, 1.82) is 0 Å². The zero-order valence-corrected chi connectivity index (χ0v) is 20.0. The first kappa shape index (κ1) is 23.5. The predicted molar refractivity (Wildman–Crippen MR) is 126 cm³/mol. The Morgan fingerprint density at radius 1 is 1.25 bits per heavy atom. The first-order valence-corrected chi connectivity index (χ1v) is 10.8. The second kappa shape index (κ2) is 10.8. The van der Waals surface area contributed by atoms with E-state index in [1.165, 1.54) is 12.1 Å². The van der Waals surface area contributed by atoms with E-state index in [1.807, 2.05) is 7.05 Å². The molecule has 2 unspecified atom stereocenters. The van der Waals surface area contributed by atoms with Crippen LogP contribution in [0.2, 0.25) is 0 Å². The quantitative estimate of drug-likeness (QED) is 0.366. The van der Waals surface area contributed by atoms with Gasteiger partial charge in [-0.15, -0.1) is 24.0 Å². The van der Waals surface area contributed by atoms with Gasteiger partial charge in [-0.05, 0) is 30.4 Å². The number of aliphatic imine (C=N–C) groups is 1. The summed E-state index contributed by atoms with van der Waals surface area (Å²) in [4.78, 5) is 8.98. The Kier molecular flexibility index (Phi) is 9.11. The highest BCUT2D eigenvalue weighted by Crippen LogP contribution is 2.26. The molecule has 28 heavy (non-hydrogen) atoms. The molecule has 1 aromatic carbocycles. The standard InChI is InChI=1S/C20H30F2N4S.HI/c1-14(2)19-13-26(8-9-27-19)20(23-3)24-11-15-6-7-25(12-15)16-4-5-17(21)18(22)10-16;/h4-5,10,14-15,19H,6-9,11-13H2,1-3H3,(H,23,24);1H. The minimum absolute atomic E-state index is 0. The van der Waals surface area contributed by atoms with Gasteiger partial charge in [0.15, 0.2) is 17.6 Å². The second-order valence-electron chi connectivity index (χ2n) is 7.73. The predicted octanol–water partition coefficient (Wildman–Crippen LogP) is 4.06. The highest BCUT2D eigenvalue weighted by atomic mass is 127. The molecule has 1 aromatic rings. The number of nitrogens with zero attached hydrogens (tertiary/aromatic N) is 3. The van der Waals surface area contributed by atoms with Crippen molar-refractivity contribution in [2.75, 3.05) is 50.4 Å². The van der Waals surface area contributed by atoms with Crippen LogP contribution in [-0.2, 0) is 0 Å². The molecule has 4 nitrogen and oxygen atoms in total. The molecule has 2 fully saturated rings. The molecule has 0 amide bonds. The summed E-state index contributed by atoms with van der Waals surface area (Å²) in [6.45, 7) is 9.19. The van der Waals surface area contributed by atoms with E-state index in [2.05, 4.69) is 45.7 Å². The van der Waals surface area contributed by atoms with Crippen LogP contribution in [0.3, 0.4) is 0 Å². The smallest absolute Gasteiger partial charge is 0.193 e. The lowest BCUT2D eigenvalue weighted by molar-refractivity contribution is 0.377. The van der Waals surface area contributed by atoms with Gasteiger partial charge in [-0.25, -0.2) is 8.78 Å². The van der Waals surface area contributed by atoms with Gasteiger partial charge in [0, 0.05) is 62.5 Å². The summed E-state index contributed by atoms with van der Waals surface area (Å²) < 4.78 is 26.6. The third-order valence-corrected chi connectivity index (χ3v) is 6.99. The van der Waals surface area contributed by atoms with Gasteiger partial charge in [0.1, 0.15) is 0 Å². The number of nitrogens with one attached hydrogen (secondary N) is 1. The van der Waals surface area contributed by atoms with Crippen molar-refractivity contribution in [3.05, 3.63) is 29.8 Å². The number of halogens is 3. The van der Waals surface area contributed by atoms with E-state index in [-0.39, 0.29) is 24.0 Å². The number of guanidine groups is 1. The van der Waals surface area contributed by atoms with Gasteiger partial charge in [0.05, 0.1) is 0 Å². The number of thioether (sulfide) groups is 1. The first-order valence-electron chi connectivity index (χ1n) is 9.75. The molecular weight excluding hydrogens is 493 g/mol. The molecule has 2 aliphatic rings. The minimum atomic E-state index is -0.792. The second-order valence-corrected chi connectivity index (χ2v) is 9.07. The van der Waals surface area contributed by atoms with E-state index in [0.717, 1.165) is 56.5 Å². The average Bonchev–Trinajstić information content (AvgIpc) is 3.14. The van der Waals surface area contributed by atoms with Gasteiger partial charge in [-0.3, -0.25) is 4.99 Å². The molecule has 2 atom stereocenters. The van der Waals surface area contributed by atoms with Crippen LogP contribution < -0.4 is 10.2 Å². The molecule has 0 aromatic heterocycles. The Bertz CT molecular complexity index is 674. The van der Waals surface area contributed by atoms with Crippen LogP contribution in [-0.4, -0.2) is 61.6 Å². The molecule has 0 spiro atoms. The van der Waals surface area contributed by atoms with Crippen LogP contribution in [0.15, 0.2) is 23.2 Å². The average molecular weight is 524 g/mol. The van der Waals surface area contributed by atoms with Gasteiger partial charge in [-0.1, -0.05) is 13.8 Å². The van der Waals surface area contributed by atoms with Crippen molar-refractivity contribution in [2.45, 2.75) is 25.5 Å². The van der Waals surface area contributed by atoms with Crippen molar-refractivity contribution in [1.82, 2.24) is 10.2 Å². The maximum atomic E-state index is 13.5. The summed E-state index contributed by atoms with van der Waals surface area (Å²) in [6.07, 6.45) is 1.04. The third kappa shape index (κ3) is 5.87. The maximum absolute atomic E-state index is 13.5. The largest absolute Gasteiger partial charge is 0.371 e. The summed E-state index contributed by atoms with van der Waals surface area (Å²) >= 11 is 2.06. The minimum Gasteiger partial charge on any atom is -0.371 e. The van der Waals surface area contributed by atoms with E-state index in [0.29, 0.717) is 17.1 Å². The van der Waals surface area contributed by atoms with Crippen molar-refractivity contribution in [3.63, 3.8) is 0 Å². The Morgan fingerprint density at radius 2 is 2.04 bits per heavy atom. The van der Waals surface area contributed by atoms with Gasteiger partial charge in [0.25, 0.3) is 0 Å². The third-order valence-electron chi connectivity index (χ3n) is 5.45. The molecular formula is C20H31F2IN4S. The van der Waals surface area contributed by atoms with E-state index in [4.69, 9.17) is 0 Å². The summed E-state index contributed by atoms with van der Waals surface area (Å²) in [5, 5.41) is 4.18. The fourth-order valence-corrected chi connectivity index (χ4v) is 5.05. The zero-order chi connectivity index (χ0) is 19.4. The Hall–Kier alpha value is -0.770. The SMILES string of the molecule is CN=C(NCC1CCN(c2ccc(F)c(F)c2)C1)N1CCSC(C(C)C)C1.I. The number of rotatable bonds is 4. The summed E-state index contributed by atoms with van der Waals surface area (Å²) in [5.41, 5.74) is 0.758. The van der Waals surface area contributed by atoms with Gasteiger partial charge < -0.3 is 15.1 Å². The van der Waals surface area contributed by atoms with Crippen molar-refractivity contribution in [3.8, 4) is 0 Å². The van der Waals surface area contributed by atoms with Crippen LogP contribution in [0.5, 0.6) is 0 Å². The summed E-state index contributed by atoms with van der Waals surface area (Å²) in [6, 6.07) is 4.16. The van der Waals surface area contributed by atoms with Crippen molar-refractivity contribution in [2.24, 2.45) is 16.8 Å². The van der Waals surface area contributed by atoms with Crippen LogP contribution in [0.4, 0.5) is 14.5 Å². The van der Waals surface area contributed by atoms with E-state index in [9.17, 15) is 8.78 Å². The Morgan fingerprint density at radius 3 is 2.71 bits per heavy atom. The normalized spacial score (nSPS) is 23.1. The van der Waals surface area contributed by atoms with Crippen LogP contribution >= 0.6 is 35.7 Å². The van der Waals surface area contributed by atoms with Crippen molar-refractivity contribution >= 4 is 47.4 Å². The summed E-state index contributed by atoms with van der Waals surface area (Å²) in [7, 11) is 1.84. The lowest BCUT2D eigenvalue weighted by atomic mass is 10.1. The first-order chi connectivity index (χ1) is 13.0. The van der Waals surface area contributed by atoms with Crippen LogP contribution in [0.1, 0.15) is 20.3 Å². The number of hydrogen-bond donors (Lipinski definition) is 1.